The molecule has 2 aromatic carbocycles. The van der Waals surface area contributed by atoms with Gasteiger partial charge in [0.15, 0.2) is 0 Å². The van der Waals surface area contributed by atoms with Gasteiger partial charge in [0.25, 0.3) is 0 Å². The van der Waals surface area contributed by atoms with Gasteiger partial charge in [-0.15, -0.1) is 0 Å². The summed E-state index contributed by atoms with van der Waals surface area (Å²) in [6, 6.07) is 19.9. The Morgan fingerprint density at radius 1 is 1.08 bits per heavy atom. The lowest BCUT2D eigenvalue weighted by Gasteiger charge is -2.42. The number of carbonyl (C=O) groups is 1. The lowest BCUT2D eigenvalue weighted by Crippen LogP contribution is -3.19. The SMILES string of the molecule is CC1(C)CC(OC(=O)c2ccccc2)CC[NH+]1Cc1ccccc1. The van der Waals surface area contributed by atoms with E-state index in [0.29, 0.717) is 5.56 Å². The van der Waals surface area contributed by atoms with Crippen LogP contribution in [0.1, 0.15) is 42.6 Å². The third-order valence-electron chi connectivity index (χ3n) is 5.01. The zero-order chi connectivity index (χ0) is 17.0. The third-order valence-corrected chi connectivity index (χ3v) is 5.01. The molecule has 126 valence electrons. The monoisotopic (exact) mass is 324 g/mol. The molecular formula is C21H26NO2+. The second kappa shape index (κ2) is 7.18. The van der Waals surface area contributed by atoms with E-state index in [1.54, 1.807) is 4.90 Å². The molecule has 1 heterocycles. The first-order chi connectivity index (χ1) is 11.5. The number of hydrogen-bond donors (Lipinski definition) is 1. The molecule has 1 aliphatic heterocycles. The molecule has 3 heteroatoms. The highest BCUT2D eigenvalue weighted by Gasteiger charge is 2.39. The quantitative estimate of drug-likeness (QED) is 0.877. The van der Waals surface area contributed by atoms with Gasteiger partial charge in [0, 0.05) is 18.4 Å². The molecule has 0 spiro atoms. The number of likely N-dealkylation sites (tertiary alicyclic amines) is 1. The van der Waals surface area contributed by atoms with Crippen LogP contribution in [-0.4, -0.2) is 24.2 Å². The molecule has 0 saturated carbocycles. The minimum atomic E-state index is -0.206. The lowest BCUT2D eigenvalue weighted by atomic mass is 9.88. The van der Waals surface area contributed by atoms with Gasteiger partial charge in [-0.05, 0) is 26.0 Å². The first-order valence-electron chi connectivity index (χ1n) is 8.70. The molecule has 24 heavy (non-hydrogen) atoms. The zero-order valence-electron chi connectivity index (χ0n) is 14.5. The van der Waals surface area contributed by atoms with Crippen LogP contribution in [0.3, 0.4) is 0 Å². The minimum absolute atomic E-state index is 0.00669. The van der Waals surface area contributed by atoms with E-state index in [9.17, 15) is 4.79 Å². The average molecular weight is 324 g/mol. The van der Waals surface area contributed by atoms with Crippen molar-refractivity contribution in [1.29, 1.82) is 0 Å². The van der Waals surface area contributed by atoms with Gasteiger partial charge < -0.3 is 9.64 Å². The third kappa shape index (κ3) is 4.04. The summed E-state index contributed by atoms with van der Waals surface area (Å²) in [5.41, 5.74) is 2.09. The van der Waals surface area contributed by atoms with Crippen LogP contribution in [0.15, 0.2) is 60.7 Å². The zero-order valence-corrected chi connectivity index (χ0v) is 14.5. The van der Waals surface area contributed by atoms with Crippen LogP contribution in [-0.2, 0) is 11.3 Å². The molecule has 2 aromatic rings. The molecule has 3 rings (SSSR count). The molecular weight excluding hydrogens is 298 g/mol. The Hall–Kier alpha value is -2.13. The van der Waals surface area contributed by atoms with Gasteiger partial charge >= 0.3 is 5.97 Å². The number of esters is 1. The summed E-state index contributed by atoms with van der Waals surface area (Å²) in [5, 5.41) is 0. The van der Waals surface area contributed by atoms with Gasteiger partial charge in [0.05, 0.1) is 17.6 Å². The maximum absolute atomic E-state index is 12.3. The van der Waals surface area contributed by atoms with E-state index in [0.717, 1.165) is 25.9 Å². The Labute approximate surface area is 144 Å². The van der Waals surface area contributed by atoms with E-state index in [1.165, 1.54) is 5.56 Å². The molecule has 1 N–H and O–H groups in total. The topological polar surface area (TPSA) is 30.7 Å². The molecule has 0 radical (unpaired) electrons. The highest BCUT2D eigenvalue weighted by molar-refractivity contribution is 5.89. The van der Waals surface area contributed by atoms with Crippen molar-refractivity contribution in [3.63, 3.8) is 0 Å². The fourth-order valence-electron chi connectivity index (χ4n) is 3.55. The van der Waals surface area contributed by atoms with Crippen LogP contribution in [0.4, 0.5) is 0 Å². The number of hydrogen-bond acceptors (Lipinski definition) is 2. The Bertz CT molecular complexity index is 667. The second-order valence-electron chi connectivity index (χ2n) is 7.29. The molecule has 0 bridgehead atoms. The first-order valence-corrected chi connectivity index (χ1v) is 8.70. The predicted octanol–water partition coefficient (Wildman–Crippen LogP) is 2.87. The van der Waals surface area contributed by atoms with Gasteiger partial charge in [-0.1, -0.05) is 48.5 Å². The van der Waals surface area contributed by atoms with Gasteiger partial charge in [0.1, 0.15) is 12.6 Å². The largest absolute Gasteiger partial charge is 0.458 e. The standard InChI is InChI=1S/C21H25NO2/c1-21(2)15-19(24-20(23)18-11-7-4-8-12-18)13-14-22(21)16-17-9-5-3-6-10-17/h3-12,19H,13-16H2,1-2H3/p+1. The Morgan fingerprint density at radius 2 is 1.71 bits per heavy atom. The van der Waals surface area contributed by atoms with Crippen LogP contribution < -0.4 is 4.90 Å². The van der Waals surface area contributed by atoms with Crippen molar-refractivity contribution >= 4 is 5.97 Å². The Morgan fingerprint density at radius 3 is 2.33 bits per heavy atom. The van der Waals surface area contributed by atoms with Crippen LogP contribution in [0.2, 0.25) is 0 Å². The van der Waals surface area contributed by atoms with Crippen molar-refractivity contribution in [1.82, 2.24) is 0 Å². The fourth-order valence-corrected chi connectivity index (χ4v) is 3.55. The summed E-state index contributed by atoms with van der Waals surface area (Å²) in [7, 11) is 0. The van der Waals surface area contributed by atoms with Crippen molar-refractivity contribution in [2.75, 3.05) is 6.54 Å². The van der Waals surface area contributed by atoms with E-state index < -0.39 is 0 Å². The van der Waals surface area contributed by atoms with Gasteiger partial charge in [-0.3, -0.25) is 0 Å². The number of ether oxygens (including phenoxy) is 1. The molecule has 3 nitrogen and oxygen atoms in total. The Kier molecular flexibility index (Phi) is 5.00. The summed E-state index contributed by atoms with van der Waals surface area (Å²) < 4.78 is 5.76. The van der Waals surface area contributed by atoms with E-state index >= 15 is 0 Å². The highest BCUT2D eigenvalue weighted by atomic mass is 16.5. The Balaban J connectivity index is 1.60. The van der Waals surface area contributed by atoms with Crippen LogP contribution >= 0.6 is 0 Å². The van der Waals surface area contributed by atoms with Crippen LogP contribution in [0.5, 0.6) is 0 Å². The number of nitrogens with one attached hydrogen (secondary N) is 1. The summed E-state index contributed by atoms with van der Waals surface area (Å²) in [4.78, 5) is 13.8. The molecule has 1 saturated heterocycles. The molecule has 2 atom stereocenters. The average Bonchev–Trinajstić information content (AvgIpc) is 2.58. The smallest absolute Gasteiger partial charge is 0.338 e. The summed E-state index contributed by atoms with van der Waals surface area (Å²) in [6.07, 6.45) is 1.82. The summed E-state index contributed by atoms with van der Waals surface area (Å²) >= 11 is 0. The van der Waals surface area contributed by atoms with E-state index in [-0.39, 0.29) is 17.6 Å². The molecule has 0 amide bonds. The number of piperidine rings is 1. The van der Waals surface area contributed by atoms with E-state index in [1.807, 2.05) is 30.3 Å². The van der Waals surface area contributed by atoms with Gasteiger partial charge in [-0.2, -0.15) is 0 Å². The maximum Gasteiger partial charge on any atom is 0.338 e. The van der Waals surface area contributed by atoms with Crippen molar-refractivity contribution in [2.45, 2.75) is 44.9 Å². The highest BCUT2D eigenvalue weighted by Crippen LogP contribution is 2.19. The predicted molar refractivity (Wildman–Crippen MR) is 94.9 cm³/mol. The van der Waals surface area contributed by atoms with Gasteiger partial charge in [-0.25, -0.2) is 4.79 Å². The second-order valence-corrected chi connectivity index (χ2v) is 7.29. The van der Waals surface area contributed by atoms with Crippen LogP contribution in [0, 0.1) is 0 Å². The van der Waals surface area contributed by atoms with Crippen molar-refractivity contribution in [2.24, 2.45) is 0 Å². The van der Waals surface area contributed by atoms with Crippen molar-refractivity contribution in [3.05, 3.63) is 71.8 Å². The number of rotatable bonds is 4. The van der Waals surface area contributed by atoms with Crippen LogP contribution in [0.25, 0.3) is 0 Å². The summed E-state index contributed by atoms with van der Waals surface area (Å²) in [5.74, 6) is -0.206. The van der Waals surface area contributed by atoms with Gasteiger partial charge in [0.2, 0.25) is 0 Å². The maximum atomic E-state index is 12.3. The number of carbonyl (C=O) groups excluding carboxylic acids is 1. The molecule has 0 aliphatic carbocycles. The number of quaternary nitrogens is 1. The van der Waals surface area contributed by atoms with Crippen molar-refractivity contribution < 1.29 is 14.4 Å². The molecule has 1 fully saturated rings. The molecule has 0 aromatic heterocycles. The molecule has 2 unspecified atom stereocenters. The first kappa shape index (κ1) is 16.7. The van der Waals surface area contributed by atoms with Crippen molar-refractivity contribution in [3.8, 4) is 0 Å². The minimum Gasteiger partial charge on any atom is -0.458 e. The van der Waals surface area contributed by atoms with E-state index in [2.05, 4.69) is 44.2 Å². The lowest BCUT2D eigenvalue weighted by molar-refractivity contribution is -0.968. The van der Waals surface area contributed by atoms with E-state index in [4.69, 9.17) is 4.74 Å². The normalized spacial score (nSPS) is 22.8. The molecule has 1 aliphatic rings. The number of benzene rings is 2. The fraction of sp³-hybridized carbons (Fsp3) is 0.381. The summed E-state index contributed by atoms with van der Waals surface area (Å²) in [6.45, 7) is 6.59.